The zero-order valence-electron chi connectivity index (χ0n) is 20.2. The second kappa shape index (κ2) is 8.42. The molecule has 0 bridgehead atoms. The number of likely N-dealkylation sites (N-methyl/N-ethyl adjacent to an activating group) is 1. The van der Waals surface area contributed by atoms with Crippen LogP contribution in [0.25, 0.3) is 11.3 Å². The topological polar surface area (TPSA) is 95.4 Å². The summed E-state index contributed by atoms with van der Waals surface area (Å²) in [5.74, 6) is -0.484. The highest BCUT2D eigenvalue weighted by molar-refractivity contribution is 6.02. The van der Waals surface area contributed by atoms with Gasteiger partial charge < -0.3 is 5.73 Å². The van der Waals surface area contributed by atoms with Gasteiger partial charge in [-0.1, -0.05) is 57.2 Å². The van der Waals surface area contributed by atoms with Crippen LogP contribution >= 0.6 is 0 Å². The average Bonchev–Trinajstić information content (AvgIpc) is 2.82. The number of carbonyl (C=O) groups is 1. The van der Waals surface area contributed by atoms with Crippen LogP contribution in [0.3, 0.4) is 0 Å². The van der Waals surface area contributed by atoms with Crippen LogP contribution in [0.15, 0.2) is 71.9 Å². The molecule has 6 nitrogen and oxygen atoms in total. The van der Waals surface area contributed by atoms with E-state index in [9.17, 15) is 10.1 Å². The summed E-state index contributed by atoms with van der Waals surface area (Å²) in [5, 5.41) is 9.28. The van der Waals surface area contributed by atoms with Gasteiger partial charge in [0.1, 0.15) is 5.54 Å². The van der Waals surface area contributed by atoms with Crippen molar-refractivity contribution in [3.8, 4) is 17.3 Å². The largest absolute Gasteiger partial charge is 0.369 e. The van der Waals surface area contributed by atoms with E-state index < -0.39 is 11.5 Å². The van der Waals surface area contributed by atoms with E-state index in [4.69, 9.17) is 10.7 Å². The van der Waals surface area contributed by atoms with Crippen molar-refractivity contribution in [3.05, 3.63) is 89.1 Å². The number of nitrogens with two attached hydrogens (primary N) is 1. The highest BCUT2D eigenvalue weighted by Crippen LogP contribution is 2.44. The molecular weight excluding hydrogens is 422 g/mol. The number of amides is 1. The van der Waals surface area contributed by atoms with Crippen LogP contribution in [0.5, 0.6) is 0 Å². The van der Waals surface area contributed by atoms with E-state index in [1.54, 1.807) is 25.4 Å². The van der Waals surface area contributed by atoms with Gasteiger partial charge in [0.05, 0.1) is 23.2 Å². The Bertz CT molecular complexity index is 1310. The molecule has 172 valence electrons. The molecule has 0 saturated heterocycles. The van der Waals surface area contributed by atoms with Crippen molar-refractivity contribution in [3.63, 3.8) is 0 Å². The van der Waals surface area contributed by atoms with E-state index in [-0.39, 0.29) is 17.3 Å². The molecule has 2 N–H and O–H groups in total. The molecule has 0 spiro atoms. The molecule has 0 radical (unpaired) electrons. The van der Waals surface area contributed by atoms with Gasteiger partial charge in [-0.25, -0.2) is 4.99 Å². The minimum Gasteiger partial charge on any atom is -0.369 e. The first kappa shape index (κ1) is 23.2. The van der Waals surface area contributed by atoms with Gasteiger partial charge >= 0.3 is 0 Å². The predicted octanol–water partition coefficient (Wildman–Crippen LogP) is 4.70. The van der Waals surface area contributed by atoms with E-state index in [0.29, 0.717) is 11.3 Å². The molecule has 0 aliphatic carbocycles. The van der Waals surface area contributed by atoms with Gasteiger partial charge in [0.25, 0.3) is 0 Å². The SMILES string of the molecule is CN1C(=O)[C@@H](c2ccc(C(C)(C)C)cc2)[C@@](C)(c2ccnc(-c3cccc(C#N)c3)c2)N=C1N. The standard InChI is InChI=1S/C28H29N5O/c1-27(2,3)21-11-9-19(10-12-21)24-25(34)33(5)26(30)32-28(24,4)22-13-14-31-23(16-22)20-8-6-7-18(15-20)17-29/h6-16,24H,1-5H3,(H2,30,32)/t24-,28-/m1/s1. The number of rotatable bonds is 3. The summed E-state index contributed by atoms with van der Waals surface area (Å²) in [6, 6.07) is 21.5. The summed E-state index contributed by atoms with van der Waals surface area (Å²) in [7, 11) is 1.66. The maximum Gasteiger partial charge on any atom is 0.239 e. The van der Waals surface area contributed by atoms with Crippen LogP contribution in [-0.4, -0.2) is 28.8 Å². The van der Waals surface area contributed by atoms with E-state index in [2.05, 4.69) is 44.0 Å². The Kier molecular flexibility index (Phi) is 5.74. The van der Waals surface area contributed by atoms with Gasteiger partial charge in [-0.3, -0.25) is 14.7 Å². The van der Waals surface area contributed by atoms with E-state index >= 15 is 0 Å². The van der Waals surface area contributed by atoms with Crippen molar-refractivity contribution in [1.82, 2.24) is 9.88 Å². The number of aliphatic imine (C=N–C) groups is 1. The maximum absolute atomic E-state index is 13.6. The molecule has 34 heavy (non-hydrogen) atoms. The third kappa shape index (κ3) is 4.06. The third-order valence-corrected chi connectivity index (χ3v) is 6.57. The van der Waals surface area contributed by atoms with Crippen LogP contribution in [0.4, 0.5) is 0 Å². The molecule has 0 unspecified atom stereocenters. The van der Waals surface area contributed by atoms with Crippen molar-refractivity contribution in [1.29, 1.82) is 5.26 Å². The molecule has 6 heteroatoms. The first-order chi connectivity index (χ1) is 16.0. The molecule has 1 aliphatic heterocycles. The Morgan fingerprint density at radius 1 is 1.09 bits per heavy atom. The molecule has 2 heterocycles. The molecule has 0 fully saturated rings. The van der Waals surface area contributed by atoms with Crippen LogP contribution in [0, 0.1) is 11.3 Å². The highest BCUT2D eigenvalue weighted by atomic mass is 16.2. The van der Waals surface area contributed by atoms with E-state index in [1.165, 1.54) is 10.5 Å². The van der Waals surface area contributed by atoms with Gasteiger partial charge in [0.2, 0.25) is 5.91 Å². The molecule has 1 aliphatic rings. The molecular formula is C28H29N5O. The highest BCUT2D eigenvalue weighted by Gasteiger charge is 2.47. The first-order valence-electron chi connectivity index (χ1n) is 11.2. The molecule has 2 aromatic carbocycles. The van der Waals surface area contributed by atoms with Gasteiger partial charge in [-0.2, -0.15) is 5.26 Å². The smallest absolute Gasteiger partial charge is 0.239 e. The maximum atomic E-state index is 13.6. The van der Waals surface area contributed by atoms with Gasteiger partial charge in [-0.05, 0) is 53.3 Å². The van der Waals surface area contributed by atoms with E-state index in [0.717, 1.165) is 16.7 Å². The van der Waals surface area contributed by atoms with Crippen molar-refractivity contribution in [2.75, 3.05) is 7.05 Å². The number of benzene rings is 2. The van der Waals surface area contributed by atoms with Crippen LogP contribution in [0.1, 0.15) is 55.9 Å². The average molecular weight is 452 g/mol. The fourth-order valence-corrected chi connectivity index (χ4v) is 4.45. The lowest BCUT2D eigenvalue weighted by molar-refractivity contribution is -0.130. The Balaban J connectivity index is 1.85. The summed E-state index contributed by atoms with van der Waals surface area (Å²) < 4.78 is 0. The fraction of sp³-hybridized carbons (Fsp3) is 0.286. The summed E-state index contributed by atoms with van der Waals surface area (Å²) >= 11 is 0. The zero-order valence-corrected chi connectivity index (χ0v) is 20.2. The van der Waals surface area contributed by atoms with Gasteiger partial charge in [0.15, 0.2) is 5.96 Å². The number of nitrogens with zero attached hydrogens (tertiary/aromatic N) is 4. The Labute approximate surface area is 200 Å². The summed E-state index contributed by atoms with van der Waals surface area (Å²) in [4.78, 5) is 24.3. The Morgan fingerprint density at radius 3 is 2.44 bits per heavy atom. The van der Waals surface area contributed by atoms with Gasteiger partial charge in [-0.15, -0.1) is 0 Å². The van der Waals surface area contributed by atoms with Crippen molar-refractivity contribution < 1.29 is 4.79 Å². The Hall–Kier alpha value is -3.98. The first-order valence-corrected chi connectivity index (χ1v) is 11.2. The normalized spacial score (nSPS) is 20.6. The number of pyridine rings is 1. The fourth-order valence-electron chi connectivity index (χ4n) is 4.45. The van der Waals surface area contributed by atoms with E-state index in [1.807, 2.05) is 43.3 Å². The molecule has 3 aromatic rings. The third-order valence-electron chi connectivity index (χ3n) is 6.57. The van der Waals surface area contributed by atoms with Crippen molar-refractivity contribution in [2.24, 2.45) is 10.7 Å². The number of guanidine groups is 1. The number of nitriles is 1. The molecule has 2 atom stereocenters. The molecule has 4 rings (SSSR count). The second-order valence-electron chi connectivity index (χ2n) is 9.94. The number of hydrogen-bond acceptors (Lipinski definition) is 5. The Morgan fingerprint density at radius 2 is 1.79 bits per heavy atom. The number of carbonyl (C=O) groups excluding carboxylic acids is 1. The lowest BCUT2D eigenvalue weighted by Gasteiger charge is -2.41. The summed E-state index contributed by atoms with van der Waals surface area (Å²) in [5.41, 5.74) is 10.3. The minimum absolute atomic E-state index is 0.00967. The monoisotopic (exact) mass is 451 g/mol. The van der Waals surface area contributed by atoms with Crippen LogP contribution < -0.4 is 5.73 Å². The zero-order chi connectivity index (χ0) is 24.7. The van der Waals surface area contributed by atoms with Crippen molar-refractivity contribution >= 4 is 11.9 Å². The minimum atomic E-state index is -0.929. The molecule has 1 aromatic heterocycles. The second-order valence-corrected chi connectivity index (χ2v) is 9.94. The predicted molar refractivity (Wildman–Crippen MR) is 134 cm³/mol. The van der Waals surface area contributed by atoms with Crippen LogP contribution in [0.2, 0.25) is 0 Å². The molecule has 0 saturated carbocycles. The summed E-state index contributed by atoms with van der Waals surface area (Å²) in [6.45, 7) is 8.43. The lowest BCUT2D eigenvalue weighted by Crippen LogP contribution is -2.52. The van der Waals surface area contributed by atoms with Crippen LogP contribution in [-0.2, 0) is 15.7 Å². The quantitative estimate of drug-likeness (QED) is 0.624. The number of hydrogen-bond donors (Lipinski definition) is 1. The van der Waals surface area contributed by atoms with Crippen molar-refractivity contribution in [2.45, 2.75) is 44.6 Å². The lowest BCUT2D eigenvalue weighted by atomic mass is 9.73. The summed E-state index contributed by atoms with van der Waals surface area (Å²) in [6.07, 6.45) is 1.71. The van der Waals surface area contributed by atoms with Gasteiger partial charge in [0, 0.05) is 18.8 Å². The number of aromatic nitrogens is 1. The molecule has 1 amide bonds.